The average Bonchev–Trinajstić information content (AvgIpc) is 2.60. The fourth-order valence-electron chi connectivity index (χ4n) is 1.43. The van der Waals surface area contributed by atoms with Gasteiger partial charge in [-0.15, -0.1) is 0 Å². The number of aryl methyl sites for hydroxylation is 1. The summed E-state index contributed by atoms with van der Waals surface area (Å²) in [4.78, 5) is 15.7. The molecule has 0 aliphatic rings. The van der Waals surface area contributed by atoms with Gasteiger partial charge >= 0.3 is 5.97 Å². The molecule has 0 aromatic carbocycles. The van der Waals surface area contributed by atoms with Crippen LogP contribution in [0.5, 0.6) is 0 Å². The number of hydrogen-bond donors (Lipinski definition) is 0. The van der Waals surface area contributed by atoms with Gasteiger partial charge in [-0.25, -0.2) is 14.3 Å². The Kier molecular flexibility index (Phi) is 2.91. The highest BCUT2D eigenvalue weighted by Crippen LogP contribution is 2.15. The minimum atomic E-state index is -0.374. The van der Waals surface area contributed by atoms with Gasteiger partial charge in [-0.2, -0.15) is 5.10 Å². The Labute approximate surface area is 101 Å². The predicted molar refractivity (Wildman–Crippen MR) is 61.4 cm³/mol. The molecule has 0 saturated heterocycles. The van der Waals surface area contributed by atoms with Gasteiger partial charge in [-0.3, -0.25) is 0 Å². The Morgan fingerprint density at radius 2 is 2.38 bits per heavy atom. The van der Waals surface area contributed by atoms with Gasteiger partial charge in [0.05, 0.1) is 17.9 Å². The first-order valence-electron chi connectivity index (χ1n) is 4.81. The van der Waals surface area contributed by atoms with Crippen LogP contribution in [0.2, 0.25) is 0 Å². The molecule has 0 unspecified atom stereocenters. The Balaban J connectivity index is 2.55. The standard InChI is InChI=1S/C10H10BrN3O2/c1-3-16-10(15)7-5-12-9-4-8(11)13-14(9)6(7)2/h4-5H,3H2,1-2H3. The van der Waals surface area contributed by atoms with Gasteiger partial charge in [0.15, 0.2) is 5.65 Å². The normalized spacial score (nSPS) is 10.7. The van der Waals surface area contributed by atoms with Crippen LogP contribution in [0.1, 0.15) is 23.0 Å². The van der Waals surface area contributed by atoms with Crippen LogP contribution in [0.15, 0.2) is 16.9 Å². The van der Waals surface area contributed by atoms with Crippen molar-refractivity contribution in [1.29, 1.82) is 0 Å². The smallest absolute Gasteiger partial charge is 0.341 e. The van der Waals surface area contributed by atoms with Gasteiger partial charge in [0.2, 0.25) is 0 Å². The highest BCUT2D eigenvalue weighted by molar-refractivity contribution is 9.10. The Bertz CT molecular complexity index is 550. The van der Waals surface area contributed by atoms with E-state index in [2.05, 4.69) is 26.0 Å². The first-order valence-corrected chi connectivity index (χ1v) is 5.60. The van der Waals surface area contributed by atoms with E-state index in [-0.39, 0.29) is 5.97 Å². The summed E-state index contributed by atoms with van der Waals surface area (Å²) in [5.74, 6) is -0.374. The molecule has 5 nitrogen and oxygen atoms in total. The van der Waals surface area contributed by atoms with Crippen molar-refractivity contribution in [3.63, 3.8) is 0 Å². The number of hydrogen-bond acceptors (Lipinski definition) is 4. The second-order valence-corrected chi connectivity index (χ2v) is 4.03. The lowest BCUT2D eigenvalue weighted by molar-refractivity contribution is 0.0524. The molecule has 0 aliphatic carbocycles. The first-order chi connectivity index (χ1) is 7.63. The zero-order valence-corrected chi connectivity index (χ0v) is 10.5. The third kappa shape index (κ3) is 1.80. The van der Waals surface area contributed by atoms with Gasteiger partial charge in [-0.1, -0.05) is 0 Å². The van der Waals surface area contributed by atoms with Crippen molar-refractivity contribution in [3.8, 4) is 0 Å². The molecule has 0 fully saturated rings. The third-order valence-electron chi connectivity index (χ3n) is 2.19. The molecule has 84 valence electrons. The van der Waals surface area contributed by atoms with Crippen molar-refractivity contribution in [2.75, 3.05) is 6.61 Å². The summed E-state index contributed by atoms with van der Waals surface area (Å²) >= 11 is 3.26. The molecule has 0 radical (unpaired) electrons. The highest BCUT2D eigenvalue weighted by atomic mass is 79.9. The maximum Gasteiger partial charge on any atom is 0.341 e. The van der Waals surface area contributed by atoms with Crippen molar-refractivity contribution < 1.29 is 9.53 Å². The minimum absolute atomic E-state index is 0.346. The number of carbonyl (C=O) groups excluding carboxylic acids is 1. The summed E-state index contributed by atoms with van der Waals surface area (Å²) in [6.45, 7) is 3.92. The summed E-state index contributed by atoms with van der Waals surface area (Å²) in [5, 5.41) is 4.18. The van der Waals surface area contributed by atoms with E-state index in [1.54, 1.807) is 24.4 Å². The van der Waals surface area contributed by atoms with E-state index < -0.39 is 0 Å². The van der Waals surface area contributed by atoms with E-state index in [0.29, 0.717) is 28.1 Å². The lowest BCUT2D eigenvalue weighted by Crippen LogP contribution is -2.10. The first kappa shape index (κ1) is 11.1. The van der Waals surface area contributed by atoms with Gasteiger partial charge in [0.25, 0.3) is 0 Å². The fourth-order valence-corrected chi connectivity index (χ4v) is 1.79. The number of halogens is 1. The Hall–Kier alpha value is -1.43. The van der Waals surface area contributed by atoms with Gasteiger partial charge < -0.3 is 4.74 Å². The van der Waals surface area contributed by atoms with Crippen LogP contribution < -0.4 is 0 Å². The van der Waals surface area contributed by atoms with Crippen LogP contribution in [0, 0.1) is 6.92 Å². The van der Waals surface area contributed by atoms with Crippen molar-refractivity contribution in [2.45, 2.75) is 13.8 Å². The molecular formula is C10H10BrN3O2. The number of carbonyl (C=O) groups is 1. The summed E-state index contributed by atoms with van der Waals surface area (Å²) in [5.41, 5.74) is 1.84. The van der Waals surface area contributed by atoms with Crippen molar-refractivity contribution in [3.05, 3.63) is 28.1 Å². The topological polar surface area (TPSA) is 56.5 Å². The van der Waals surface area contributed by atoms with Crippen LogP contribution in [0.25, 0.3) is 5.65 Å². The van der Waals surface area contributed by atoms with E-state index in [4.69, 9.17) is 4.74 Å². The quantitative estimate of drug-likeness (QED) is 0.791. The maximum absolute atomic E-state index is 11.6. The zero-order chi connectivity index (χ0) is 11.7. The third-order valence-corrected chi connectivity index (χ3v) is 2.58. The molecule has 0 bridgehead atoms. The Morgan fingerprint density at radius 1 is 1.62 bits per heavy atom. The number of aromatic nitrogens is 3. The van der Waals surface area contributed by atoms with Crippen LogP contribution in [-0.2, 0) is 4.74 Å². The van der Waals surface area contributed by atoms with Gasteiger partial charge in [0.1, 0.15) is 4.60 Å². The second-order valence-electron chi connectivity index (χ2n) is 3.21. The van der Waals surface area contributed by atoms with Crippen molar-refractivity contribution in [2.24, 2.45) is 0 Å². The number of esters is 1. The SMILES string of the molecule is CCOC(=O)c1cnc2cc(Br)nn2c1C. The van der Waals surface area contributed by atoms with E-state index in [9.17, 15) is 4.79 Å². The summed E-state index contributed by atoms with van der Waals surface area (Å²) in [6.07, 6.45) is 1.51. The van der Waals surface area contributed by atoms with E-state index in [1.165, 1.54) is 6.20 Å². The van der Waals surface area contributed by atoms with Crippen LogP contribution in [-0.4, -0.2) is 27.2 Å². The monoisotopic (exact) mass is 283 g/mol. The number of fused-ring (bicyclic) bond motifs is 1. The van der Waals surface area contributed by atoms with Gasteiger partial charge in [0, 0.05) is 12.3 Å². The number of nitrogens with zero attached hydrogens (tertiary/aromatic N) is 3. The van der Waals surface area contributed by atoms with E-state index in [1.807, 2.05) is 0 Å². The molecule has 2 rings (SSSR count). The summed E-state index contributed by atoms with van der Waals surface area (Å²) < 4.78 is 7.22. The largest absolute Gasteiger partial charge is 0.462 e. The molecule has 0 aliphatic heterocycles. The molecule has 0 N–H and O–H groups in total. The minimum Gasteiger partial charge on any atom is -0.462 e. The second kappa shape index (κ2) is 4.21. The molecule has 2 aromatic heterocycles. The fraction of sp³-hybridized carbons (Fsp3) is 0.300. The van der Waals surface area contributed by atoms with Crippen LogP contribution in [0.4, 0.5) is 0 Å². The molecule has 6 heteroatoms. The highest BCUT2D eigenvalue weighted by Gasteiger charge is 2.14. The number of rotatable bonds is 2. The molecule has 0 spiro atoms. The summed E-state index contributed by atoms with van der Waals surface area (Å²) in [7, 11) is 0. The molecule has 2 heterocycles. The molecule has 2 aromatic rings. The van der Waals surface area contributed by atoms with Crippen molar-refractivity contribution in [1.82, 2.24) is 14.6 Å². The Morgan fingerprint density at radius 3 is 3.06 bits per heavy atom. The predicted octanol–water partition coefficient (Wildman–Crippen LogP) is 1.98. The van der Waals surface area contributed by atoms with Crippen LogP contribution in [0.3, 0.4) is 0 Å². The molecule has 16 heavy (non-hydrogen) atoms. The van der Waals surface area contributed by atoms with Crippen LogP contribution >= 0.6 is 15.9 Å². The molecule has 0 saturated carbocycles. The van der Waals surface area contributed by atoms with E-state index >= 15 is 0 Å². The molecule has 0 amide bonds. The zero-order valence-electron chi connectivity index (χ0n) is 8.90. The van der Waals surface area contributed by atoms with E-state index in [0.717, 1.165) is 0 Å². The lowest BCUT2D eigenvalue weighted by Gasteiger charge is -2.05. The summed E-state index contributed by atoms with van der Waals surface area (Å²) in [6, 6.07) is 1.78. The molecule has 0 atom stereocenters. The maximum atomic E-state index is 11.6. The lowest BCUT2D eigenvalue weighted by atomic mass is 10.2. The van der Waals surface area contributed by atoms with Gasteiger partial charge in [-0.05, 0) is 29.8 Å². The number of ether oxygens (including phenoxy) is 1. The molecular weight excluding hydrogens is 274 g/mol. The van der Waals surface area contributed by atoms with Crippen molar-refractivity contribution >= 4 is 27.5 Å². The average molecular weight is 284 g/mol.